The Balaban J connectivity index is 2.51. The van der Waals surface area contributed by atoms with Crippen LogP contribution in [0.2, 0.25) is 0 Å². The Hall–Kier alpha value is -0.500. The minimum atomic E-state index is -3.39. The zero-order chi connectivity index (χ0) is 12.2. The molecule has 90 valence electrons. The Labute approximate surface area is 105 Å². The zero-order valence-electron chi connectivity index (χ0n) is 8.84. The molecule has 1 atom stereocenters. The summed E-state index contributed by atoms with van der Waals surface area (Å²) in [5, 5.41) is 1.96. The second-order valence-electron chi connectivity index (χ2n) is 3.53. The Morgan fingerprint density at radius 1 is 1.69 bits per heavy atom. The Morgan fingerprint density at radius 2 is 2.38 bits per heavy atom. The summed E-state index contributed by atoms with van der Waals surface area (Å²) in [6, 6.07) is 3.76. The molecule has 0 aliphatic rings. The highest BCUT2D eigenvalue weighted by Gasteiger charge is 2.15. The number of hydrogen-bond acceptors (Lipinski definition) is 4. The molecule has 4 nitrogen and oxygen atoms in total. The van der Waals surface area contributed by atoms with Gasteiger partial charge in [-0.1, -0.05) is 18.3 Å². The van der Waals surface area contributed by atoms with E-state index in [4.69, 9.17) is 5.73 Å². The predicted molar refractivity (Wildman–Crippen MR) is 71.2 cm³/mol. The van der Waals surface area contributed by atoms with E-state index in [1.54, 1.807) is 11.3 Å². The molecule has 0 saturated carbocycles. The van der Waals surface area contributed by atoms with Crippen LogP contribution >= 0.6 is 23.6 Å². The third-order valence-electron chi connectivity index (χ3n) is 1.80. The molecule has 1 unspecified atom stereocenters. The minimum Gasteiger partial charge on any atom is -0.392 e. The fourth-order valence-electron chi connectivity index (χ4n) is 1.31. The second-order valence-corrected chi connectivity index (χ2v) is 6.84. The molecule has 0 spiro atoms. The van der Waals surface area contributed by atoms with Gasteiger partial charge >= 0.3 is 0 Å². The fraction of sp³-hybridized carbons (Fsp3) is 0.444. The van der Waals surface area contributed by atoms with Crippen molar-refractivity contribution in [1.29, 1.82) is 0 Å². The van der Waals surface area contributed by atoms with Gasteiger partial charge in [-0.2, -0.15) is 0 Å². The minimum absolute atomic E-state index is 0.0178. The number of hydrogen-bond donors (Lipinski definition) is 2. The number of rotatable bonds is 6. The van der Waals surface area contributed by atoms with Gasteiger partial charge in [-0.15, -0.1) is 11.3 Å². The fourth-order valence-corrected chi connectivity index (χ4v) is 3.76. The molecule has 0 saturated heterocycles. The standard InChI is InChI=1S/C9H14N2O2S3/c1-7(5-8-3-2-4-15-8)11-16(12,13)6-9(10)14/h2-4,7,11H,5-6H2,1H3,(H2,10,14). The van der Waals surface area contributed by atoms with Gasteiger partial charge in [0.2, 0.25) is 10.0 Å². The summed E-state index contributed by atoms with van der Waals surface area (Å²) in [6.45, 7) is 1.82. The Kier molecular flexibility index (Phi) is 4.85. The van der Waals surface area contributed by atoms with Gasteiger partial charge in [0.05, 0.1) is 4.99 Å². The van der Waals surface area contributed by atoms with Crippen molar-refractivity contribution in [1.82, 2.24) is 4.72 Å². The maximum Gasteiger partial charge on any atom is 0.218 e. The van der Waals surface area contributed by atoms with Gasteiger partial charge in [-0.25, -0.2) is 13.1 Å². The lowest BCUT2D eigenvalue weighted by atomic mass is 10.2. The molecule has 7 heteroatoms. The number of thiophene rings is 1. The zero-order valence-corrected chi connectivity index (χ0v) is 11.3. The van der Waals surface area contributed by atoms with E-state index >= 15 is 0 Å². The first-order valence-corrected chi connectivity index (χ1v) is 7.64. The van der Waals surface area contributed by atoms with Crippen LogP contribution < -0.4 is 10.5 Å². The van der Waals surface area contributed by atoms with Gasteiger partial charge in [0.25, 0.3) is 0 Å². The lowest BCUT2D eigenvalue weighted by molar-refractivity contribution is 0.564. The quantitative estimate of drug-likeness (QED) is 0.758. The molecule has 0 fully saturated rings. The lowest BCUT2D eigenvalue weighted by Crippen LogP contribution is -2.38. The van der Waals surface area contributed by atoms with Crippen LogP contribution in [0, 0.1) is 0 Å². The summed E-state index contributed by atoms with van der Waals surface area (Å²) in [5.41, 5.74) is 5.20. The van der Waals surface area contributed by atoms with Crippen LogP contribution in [-0.4, -0.2) is 25.2 Å². The van der Waals surface area contributed by atoms with E-state index in [1.165, 1.54) is 0 Å². The number of nitrogens with one attached hydrogen (secondary N) is 1. The summed E-state index contributed by atoms with van der Waals surface area (Å²) in [6.07, 6.45) is 0.675. The van der Waals surface area contributed by atoms with Crippen molar-refractivity contribution in [3.63, 3.8) is 0 Å². The van der Waals surface area contributed by atoms with Gasteiger partial charge in [-0.05, 0) is 24.8 Å². The third-order valence-corrected chi connectivity index (χ3v) is 4.48. The molecule has 0 bridgehead atoms. The van der Waals surface area contributed by atoms with Crippen LogP contribution in [0.25, 0.3) is 0 Å². The molecule has 0 amide bonds. The average molecular weight is 278 g/mol. The molecule has 1 aromatic heterocycles. The van der Waals surface area contributed by atoms with E-state index in [9.17, 15) is 8.42 Å². The molecule has 16 heavy (non-hydrogen) atoms. The summed E-state index contributed by atoms with van der Waals surface area (Å²) < 4.78 is 25.5. The van der Waals surface area contributed by atoms with Gasteiger partial charge in [0.1, 0.15) is 5.75 Å². The van der Waals surface area contributed by atoms with E-state index in [0.29, 0.717) is 6.42 Å². The van der Waals surface area contributed by atoms with Gasteiger partial charge < -0.3 is 5.73 Å². The molecule has 1 rings (SSSR count). The highest BCUT2D eigenvalue weighted by atomic mass is 32.2. The molecule has 0 aliphatic heterocycles. The van der Waals surface area contributed by atoms with Crippen LogP contribution in [0.4, 0.5) is 0 Å². The van der Waals surface area contributed by atoms with Crippen molar-refractivity contribution in [2.45, 2.75) is 19.4 Å². The number of thiocarbonyl (C=S) groups is 1. The highest BCUT2D eigenvalue weighted by molar-refractivity contribution is 7.92. The predicted octanol–water partition coefficient (Wildman–Crippen LogP) is 0.885. The monoisotopic (exact) mass is 278 g/mol. The van der Waals surface area contributed by atoms with Crippen molar-refractivity contribution in [3.05, 3.63) is 22.4 Å². The Bertz CT molecular complexity index is 439. The van der Waals surface area contributed by atoms with Crippen LogP contribution in [0.15, 0.2) is 17.5 Å². The van der Waals surface area contributed by atoms with E-state index in [-0.39, 0.29) is 16.8 Å². The topological polar surface area (TPSA) is 72.2 Å². The van der Waals surface area contributed by atoms with E-state index < -0.39 is 10.0 Å². The summed E-state index contributed by atoms with van der Waals surface area (Å²) in [5.74, 6) is -0.295. The van der Waals surface area contributed by atoms with Crippen molar-refractivity contribution in [2.24, 2.45) is 5.73 Å². The smallest absolute Gasteiger partial charge is 0.218 e. The second kappa shape index (κ2) is 5.72. The lowest BCUT2D eigenvalue weighted by Gasteiger charge is -2.12. The maximum absolute atomic E-state index is 11.5. The molecule has 1 heterocycles. The van der Waals surface area contributed by atoms with Crippen molar-refractivity contribution in [3.8, 4) is 0 Å². The maximum atomic E-state index is 11.5. The Morgan fingerprint density at radius 3 is 2.88 bits per heavy atom. The molecule has 0 aromatic carbocycles. The van der Waals surface area contributed by atoms with E-state index in [2.05, 4.69) is 16.9 Å². The molecule has 1 aromatic rings. The molecular formula is C9H14N2O2S3. The summed E-state index contributed by atoms with van der Waals surface area (Å²) in [7, 11) is -3.39. The van der Waals surface area contributed by atoms with Crippen molar-refractivity contribution >= 4 is 38.6 Å². The van der Waals surface area contributed by atoms with Crippen LogP contribution in [0.3, 0.4) is 0 Å². The molecule has 3 N–H and O–H groups in total. The van der Waals surface area contributed by atoms with Gasteiger partial charge in [0, 0.05) is 10.9 Å². The highest BCUT2D eigenvalue weighted by Crippen LogP contribution is 2.11. The first kappa shape index (κ1) is 13.6. The van der Waals surface area contributed by atoms with E-state index in [1.807, 2.05) is 24.4 Å². The number of sulfonamides is 1. The first-order chi connectivity index (χ1) is 7.39. The third kappa shape index (κ3) is 5.02. The summed E-state index contributed by atoms with van der Waals surface area (Å²) >= 11 is 6.18. The van der Waals surface area contributed by atoms with E-state index in [0.717, 1.165) is 4.88 Å². The van der Waals surface area contributed by atoms with Crippen LogP contribution in [0.5, 0.6) is 0 Å². The summed E-state index contributed by atoms with van der Waals surface area (Å²) in [4.78, 5) is 1.13. The van der Waals surface area contributed by atoms with Crippen molar-refractivity contribution in [2.75, 3.05) is 5.75 Å². The molecular weight excluding hydrogens is 264 g/mol. The van der Waals surface area contributed by atoms with Gasteiger partial charge in [0.15, 0.2) is 0 Å². The SMILES string of the molecule is CC(Cc1cccs1)NS(=O)(=O)CC(N)=S. The largest absolute Gasteiger partial charge is 0.392 e. The molecule has 0 radical (unpaired) electrons. The normalized spacial score (nSPS) is 13.6. The van der Waals surface area contributed by atoms with Crippen LogP contribution in [-0.2, 0) is 16.4 Å². The van der Waals surface area contributed by atoms with Crippen LogP contribution in [0.1, 0.15) is 11.8 Å². The van der Waals surface area contributed by atoms with Crippen molar-refractivity contribution < 1.29 is 8.42 Å². The van der Waals surface area contributed by atoms with Gasteiger partial charge in [-0.3, -0.25) is 0 Å². The first-order valence-electron chi connectivity index (χ1n) is 4.70. The number of nitrogens with two attached hydrogens (primary N) is 1. The molecule has 0 aliphatic carbocycles. The average Bonchev–Trinajstić information content (AvgIpc) is 2.51.